The molecule has 22 heteroatoms. The number of anilines is 1. The Labute approximate surface area is 316 Å². The van der Waals surface area contributed by atoms with Crippen LogP contribution in [0.1, 0.15) is 27.7 Å². The van der Waals surface area contributed by atoms with E-state index in [9.17, 15) is 53.4 Å². The van der Waals surface area contributed by atoms with Crippen molar-refractivity contribution in [3.05, 3.63) is 76.8 Å². The Hall–Kier alpha value is -3.54. The van der Waals surface area contributed by atoms with Crippen molar-refractivity contribution < 1.29 is 48.3 Å². The molecule has 0 saturated heterocycles. The van der Waals surface area contributed by atoms with Gasteiger partial charge >= 0.3 is 29.6 Å². The topological polar surface area (TPSA) is 260 Å². The minimum absolute atomic E-state index is 0. The van der Waals surface area contributed by atoms with Crippen molar-refractivity contribution in [2.45, 2.75) is 59.4 Å². The summed E-state index contributed by atoms with van der Waals surface area (Å²) in [4.78, 5) is 7.97. The number of rotatable bonds is 12. The normalized spacial score (nSPS) is 12.9. The van der Waals surface area contributed by atoms with Gasteiger partial charge < -0.3 is 5.11 Å². The summed E-state index contributed by atoms with van der Waals surface area (Å²) >= 11 is 0. The van der Waals surface area contributed by atoms with Crippen molar-refractivity contribution in [1.82, 2.24) is 4.31 Å². The van der Waals surface area contributed by atoms with Crippen LogP contribution in [0.2, 0.25) is 0 Å². The van der Waals surface area contributed by atoms with Crippen LogP contribution >= 0.6 is 0 Å². The molecule has 4 aromatic rings. The molecule has 0 fully saturated rings. The number of azo groups is 1. The van der Waals surface area contributed by atoms with Crippen molar-refractivity contribution in [3.63, 3.8) is 0 Å². The molecule has 0 aliphatic rings. The molecule has 0 aliphatic heterocycles. The van der Waals surface area contributed by atoms with E-state index >= 15 is 0 Å². The van der Waals surface area contributed by atoms with E-state index in [0.717, 1.165) is 53.0 Å². The first-order valence-electron chi connectivity index (χ1n) is 14.3. The molecule has 0 bridgehead atoms. The van der Waals surface area contributed by atoms with Crippen LogP contribution in [0.4, 0.5) is 22.7 Å². The van der Waals surface area contributed by atoms with Crippen molar-refractivity contribution in [2.75, 3.05) is 11.0 Å². The van der Waals surface area contributed by atoms with Crippen molar-refractivity contribution in [2.24, 2.45) is 10.2 Å². The van der Waals surface area contributed by atoms with Crippen LogP contribution < -0.4 is 4.72 Å². The Kier molecular flexibility index (Phi) is 12.5. The molecular formula is C29H32N5NaO12S4. The van der Waals surface area contributed by atoms with E-state index in [0.29, 0.717) is 6.07 Å². The molecule has 4 rings (SSSR count). The van der Waals surface area contributed by atoms with Gasteiger partial charge in [0.05, 0.1) is 26.1 Å². The van der Waals surface area contributed by atoms with Gasteiger partial charge in [0.2, 0.25) is 10.0 Å². The number of benzene rings is 4. The fourth-order valence-electron chi connectivity index (χ4n) is 5.16. The zero-order valence-electron chi connectivity index (χ0n) is 26.9. The zero-order chi connectivity index (χ0) is 37.6. The average Bonchev–Trinajstić information content (AvgIpc) is 2.99. The molecule has 0 aromatic heterocycles. The van der Waals surface area contributed by atoms with Crippen LogP contribution in [-0.2, 0) is 40.0 Å². The van der Waals surface area contributed by atoms with Crippen LogP contribution in [0.25, 0.3) is 10.8 Å². The van der Waals surface area contributed by atoms with Crippen LogP contribution in [-0.4, -0.2) is 100 Å². The van der Waals surface area contributed by atoms with E-state index in [1.165, 1.54) is 18.2 Å². The molecule has 4 aromatic carbocycles. The van der Waals surface area contributed by atoms with Gasteiger partial charge in [-0.1, -0.05) is 18.2 Å². The number of nitro benzene ring substituents is 1. The summed E-state index contributed by atoms with van der Waals surface area (Å²) in [5.74, 6) is -0.785. The van der Waals surface area contributed by atoms with Crippen LogP contribution in [0.3, 0.4) is 0 Å². The van der Waals surface area contributed by atoms with Gasteiger partial charge in [-0.05, 0) is 64.1 Å². The average molecular weight is 794 g/mol. The molecule has 3 N–H and O–H groups in total. The molecule has 0 radical (unpaired) electrons. The van der Waals surface area contributed by atoms with Gasteiger partial charge in [-0.15, -0.1) is 10.2 Å². The summed E-state index contributed by atoms with van der Waals surface area (Å²) < 4.78 is 116. The number of nitrogens with one attached hydrogen (secondary N) is 1. The van der Waals surface area contributed by atoms with E-state index in [2.05, 4.69) is 15.0 Å². The zero-order valence-corrected chi connectivity index (χ0v) is 30.2. The van der Waals surface area contributed by atoms with Gasteiger partial charge in [-0.2, -0.15) is 12.7 Å². The van der Waals surface area contributed by atoms with Gasteiger partial charge in [0, 0.05) is 41.2 Å². The second-order valence-electron chi connectivity index (χ2n) is 11.4. The number of phenolic OH excluding ortho intramolecular Hbond substituents is 1. The first-order valence-corrected chi connectivity index (χ1v) is 20.5. The number of sulfone groups is 1. The summed E-state index contributed by atoms with van der Waals surface area (Å²) in [7, 11) is -18.1. The van der Waals surface area contributed by atoms with Crippen LogP contribution in [0, 0.1) is 10.1 Å². The predicted octanol–water partition coefficient (Wildman–Crippen LogP) is 4.48. The molecule has 0 heterocycles. The molecule has 51 heavy (non-hydrogen) atoms. The number of aromatic hydroxyl groups is 1. The number of nitrogens with zero attached hydrogens (tertiary/aromatic N) is 4. The summed E-state index contributed by atoms with van der Waals surface area (Å²) in [6, 6.07) is 10.0. The van der Waals surface area contributed by atoms with Crippen molar-refractivity contribution >= 4 is 103 Å². The van der Waals surface area contributed by atoms with Crippen LogP contribution in [0.15, 0.2) is 96.5 Å². The first-order chi connectivity index (χ1) is 23.0. The third-order valence-corrected chi connectivity index (χ3v) is 12.7. The molecule has 0 saturated carbocycles. The quantitative estimate of drug-likeness (QED) is 0.0590. The number of sulfonamides is 2. The molecule has 270 valence electrons. The second kappa shape index (κ2) is 15.2. The van der Waals surface area contributed by atoms with E-state index < -0.39 is 88.0 Å². The second-order valence-corrected chi connectivity index (χ2v) is 18.3. The number of non-ortho nitro benzene ring substituents is 1. The maximum atomic E-state index is 14.0. The van der Waals surface area contributed by atoms with Gasteiger partial charge in [-0.3, -0.25) is 19.4 Å². The standard InChI is InChI=1S/C29H31N5O12S4.Na.H/c1-17(2)33(18(3)4)49(42,43)27-16-25(31-30-23-13-12-19(34(36)37)14-26(23)47(5,38)39)28-22(29(27)35)10-7-11-24(28)32-48(40,41)20-8-6-9-21(15-20)50(44,45)46;;/h6-18,32,35H,1-5H3,(H,44,45,46);;. The number of phenols is 1. The van der Waals surface area contributed by atoms with Crippen molar-refractivity contribution in [3.8, 4) is 5.75 Å². The number of nitro groups is 1. The molecule has 17 nitrogen and oxygen atoms in total. The summed E-state index contributed by atoms with van der Waals surface area (Å²) in [6.07, 6.45) is 0.780. The first kappa shape index (κ1) is 41.9. The van der Waals surface area contributed by atoms with Gasteiger partial charge in [0.1, 0.15) is 21.2 Å². The minimum atomic E-state index is -4.79. The SMILES string of the molecule is CC(C)N(C(C)C)S(=O)(=O)c1cc(N=Nc2ccc([N+](=O)[O-])cc2S(C)(=O)=O)c2c(NS(=O)(=O)c3cccc(S(=O)(=O)O)c3)cccc2c1O.[NaH]. The van der Waals surface area contributed by atoms with E-state index in [4.69, 9.17) is 0 Å². The third-order valence-electron chi connectivity index (χ3n) is 7.13. The fourth-order valence-corrected chi connectivity index (χ4v) is 9.65. The summed E-state index contributed by atoms with van der Waals surface area (Å²) in [5, 5.41) is 30.3. The summed E-state index contributed by atoms with van der Waals surface area (Å²) in [6.45, 7) is 6.45. The number of fused-ring (bicyclic) bond motifs is 1. The Morgan fingerprint density at radius 3 is 1.90 bits per heavy atom. The number of hydrogen-bond donors (Lipinski definition) is 3. The van der Waals surface area contributed by atoms with E-state index in [-0.39, 0.29) is 57.4 Å². The maximum absolute atomic E-state index is 14.0. The molecule has 0 spiro atoms. The third kappa shape index (κ3) is 8.92. The Bertz CT molecular complexity index is 2500. The Balaban J connectivity index is 0.00000702. The van der Waals surface area contributed by atoms with Crippen molar-refractivity contribution in [1.29, 1.82) is 0 Å². The Morgan fingerprint density at radius 1 is 0.784 bits per heavy atom. The Morgan fingerprint density at radius 2 is 1.35 bits per heavy atom. The molecule has 0 amide bonds. The summed E-state index contributed by atoms with van der Waals surface area (Å²) in [5.41, 5.74) is -1.63. The number of hydrogen-bond acceptors (Lipinski definition) is 13. The van der Waals surface area contributed by atoms with E-state index in [1.54, 1.807) is 27.7 Å². The predicted molar refractivity (Wildman–Crippen MR) is 190 cm³/mol. The van der Waals surface area contributed by atoms with Gasteiger partial charge in [0.25, 0.3) is 25.8 Å². The van der Waals surface area contributed by atoms with E-state index in [1.807, 2.05) is 0 Å². The van der Waals surface area contributed by atoms with Crippen LogP contribution in [0.5, 0.6) is 5.75 Å². The molecule has 0 aliphatic carbocycles. The molecule has 0 unspecified atom stereocenters. The molecular weight excluding hydrogens is 762 g/mol. The monoisotopic (exact) mass is 793 g/mol. The fraction of sp³-hybridized carbons (Fsp3) is 0.241. The molecule has 0 atom stereocenters. The van der Waals surface area contributed by atoms with Gasteiger partial charge in [-0.25, -0.2) is 25.3 Å². The van der Waals surface area contributed by atoms with Gasteiger partial charge in [0.15, 0.2) is 9.84 Å².